The van der Waals surface area contributed by atoms with Crippen molar-refractivity contribution in [1.29, 1.82) is 0 Å². The number of anilines is 1. The molecule has 0 unspecified atom stereocenters. The second kappa shape index (κ2) is 12.6. The summed E-state index contributed by atoms with van der Waals surface area (Å²) in [7, 11) is -3.15. The van der Waals surface area contributed by atoms with Crippen molar-refractivity contribution >= 4 is 67.1 Å². The van der Waals surface area contributed by atoms with Crippen LogP contribution in [0.5, 0.6) is 11.5 Å². The number of para-hydroxylation sites is 1. The minimum atomic E-state index is -4.56. The molecule has 4 aromatic rings. The van der Waals surface area contributed by atoms with Crippen molar-refractivity contribution in [2.75, 3.05) is 12.4 Å². The van der Waals surface area contributed by atoms with Crippen LogP contribution in [-0.2, 0) is 16.5 Å². The number of carbonyl (C=O) groups excluding carboxylic acids is 1. The summed E-state index contributed by atoms with van der Waals surface area (Å²) in [6.07, 6.45) is 0.150. The van der Waals surface area contributed by atoms with Gasteiger partial charge in [-0.2, -0.15) is 13.5 Å². The number of amides is 1. The molecule has 0 aliphatic rings. The average molecular weight is 596 g/mol. The van der Waals surface area contributed by atoms with E-state index in [1.165, 1.54) is 19.2 Å². The monoisotopic (exact) mass is 595 g/mol. The molecule has 0 radical (unpaired) electrons. The van der Waals surface area contributed by atoms with Gasteiger partial charge < -0.3 is 15.2 Å². The number of carbonyl (C=O) groups is 1. The van der Waals surface area contributed by atoms with Gasteiger partial charge in [0.15, 0.2) is 0 Å². The Morgan fingerprint density at radius 2 is 1.72 bits per heavy atom. The number of hydrogen-bond acceptors (Lipinski definition) is 7. The largest absolute Gasteiger partial charge is 1.00 e. The zero-order chi connectivity index (χ0) is 27.6. The third kappa shape index (κ3) is 6.38. The fourth-order valence-electron chi connectivity index (χ4n) is 3.93. The first kappa shape index (κ1) is 30.8. The Kier molecular flexibility index (Phi) is 10.0. The van der Waals surface area contributed by atoms with Crippen LogP contribution < -0.4 is 44.7 Å². The van der Waals surface area contributed by atoms with E-state index in [1.807, 2.05) is 0 Å². The summed E-state index contributed by atoms with van der Waals surface area (Å²) >= 11 is 12.5. The minimum absolute atomic E-state index is 0. The fraction of sp³-hybridized carbons (Fsp3) is 0.115. The molecule has 0 spiro atoms. The van der Waals surface area contributed by atoms with Crippen LogP contribution in [-0.4, -0.2) is 26.0 Å². The first-order valence-electron chi connectivity index (χ1n) is 11.1. The zero-order valence-electron chi connectivity index (χ0n) is 21.0. The first-order valence-corrected chi connectivity index (χ1v) is 13.3. The Morgan fingerprint density at radius 1 is 1.03 bits per heavy atom. The number of nitrogens with zero attached hydrogens (tertiary/aromatic N) is 2. The van der Waals surface area contributed by atoms with Crippen LogP contribution in [0, 0.1) is 0 Å². The number of halogens is 2. The molecular formula is C26H20Cl2N3NaO6S. The summed E-state index contributed by atoms with van der Waals surface area (Å²) in [5, 5.41) is 25.6. The molecule has 0 heterocycles. The van der Waals surface area contributed by atoms with Crippen molar-refractivity contribution < 1.29 is 57.2 Å². The molecule has 4 aromatic carbocycles. The van der Waals surface area contributed by atoms with Crippen LogP contribution in [0.4, 0.5) is 17.1 Å². The molecule has 4 rings (SSSR count). The molecule has 39 heavy (non-hydrogen) atoms. The standard InChI is InChI=1S/C26H21Cl2N3O6S.Na/c1-3-15-21(38(34,35)36)12-11-19(28)22(15)30-31-23-16-8-5-4-7-14(16)13-17(25(23)32)26(33)29-24-18(27)9-6-10-20(24)37-2;/h4-13,32H,3H2,1-2H3,(H,29,33)(H,34,35,36);/q;+1/p-1. The summed E-state index contributed by atoms with van der Waals surface area (Å²) < 4.78 is 38.6. The fourth-order valence-corrected chi connectivity index (χ4v) is 5.16. The van der Waals surface area contributed by atoms with Crippen LogP contribution in [0.25, 0.3) is 10.8 Å². The molecule has 0 aromatic heterocycles. The maximum Gasteiger partial charge on any atom is 1.00 e. The molecular weight excluding hydrogens is 576 g/mol. The Morgan fingerprint density at radius 3 is 2.38 bits per heavy atom. The first-order chi connectivity index (χ1) is 18.1. The van der Waals surface area contributed by atoms with E-state index >= 15 is 0 Å². The summed E-state index contributed by atoms with van der Waals surface area (Å²) in [6, 6.07) is 15.4. The molecule has 9 nitrogen and oxygen atoms in total. The second-order valence-corrected chi connectivity index (χ2v) is 10.2. The maximum atomic E-state index is 13.5. The molecule has 0 aliphatic heterocycles. The van der Waals surface area contributed by atoms with E-state index in [0.29, 0.717) is 16.5 Å². The maximum absolute atomic E-state index is 13.5. The van der Waals surface area contributed by atoms with Gasteiger partial charge in [0.1, 0.15) is 17.1 Å². The van der Waals surface area contributed by atoms with E-state index in [0.717, 1.165) is 6.07 Å². The smallest absolute Gasteiger partial charge is 0.870 e. The summed E-state index contributed by atoms with van der Waals surface area (Å²) in [4.78, 5) is 12.9. The predicted octanol–water partition coefficient (Wildman–Crippen LogP) is 3.71. The van der Waals surface area contributed by atoms with Crippen LogP contribution in [0.1, 0.15) is 22.8 Å². The summed E-state index contributed by atoms with van der Waals surface area (Å²) in [6.45, 7) is 1.65. The third-order valence-corrected chi connectivity index (χ3v) is 7.28. The number of methoxy groups -OCH3 is 1. The van der Waals surface area contributed by atoms with Gasteiger partial charge in [0.05, 0.1) is 27.7 Å². The Balaban J connectivity index is 0.00000420. The number of ether oxygens (including phenoxy) is 1. The van der Waals surface area contributed by atoms with Gasteiger partial charge in [-0.1, -0.05) is 66.2 Å². The van der Waals surface area contributed by atoms with E-state index in [2.05, 4.69) is 15.5 Å². The number of rotatable bonds is 7. The number of hydrogen-bond donors (Lipinski definition) is 2. The van der Waals surface area contributed by atoms with Crippen LogP contribution in [0.15, 0.2) is 75.8 Å². The van der Waals surface area contributed by atoms with E-state index in [-0.39, 0.29) is 79.1 Å². The van der Waals surface area contributed by atoms with Gasteiger partial charge >= 0.3 is 29.6 Å². The number of fused-ring (bicyclic) bond motifs is 1. The van der Waals surface area contributed by atoms with Crippen LogP contribution >= 0.6 is 23.2 Å². The van der Waals surface area contributed by atoms with E-state index < -0.39 is 21.8 Å². The van der Waals surface area contributed by atoms with Crippen LogP contribution in [0.2, 0.25) is 10.0 Å². The Bertz CT molecular complexity index is 1710. The Hall–Kier alpha value is -2.70. The molecule has 0 aliphatic carbocycles. The molecule has 0 bridgehead atoms. The van der Waals surface area contributed by atoms with Gasteiger partial charge in [-0.15, -0.1) is 5.11 Å². The van der Waals surface area contributed by atoms with Gasteiger partial charge in [-0.05, 0) is 42.1 Å². The van der Waals surface area contributed by atoms with Gasteiger partial charge in [0, 0.05) is 16.5 Å². The molecule has 0 saturated carbocycles. The van der Waals surface area contributed by atoms with E-state index in [9.17, 15) is 22.9 Å². The average Bonchev–Trinajstić information content (AvgIpc) is 2.88. The van der Waals surface area contributed by atoms with Gasteiger partial charge in [0.25, 0.3) is 16.0 Å². The number of nitrogens with one attached hydrogen (secondary N) is 1. The van der Waals surface area contributed by atoms with Gasteiger partial charge in [0.2, 0.25) is 0 Å². The molecule has 13 heteroatoms. The number of benzene rings is 4. The molecule has 196 valence electrons. The second-order valence-electron chi connectivity index (χ2n) is 8.00. The molecule has 2 N–H and O–H groups in total. The van der Waals surface area contributed by atoms with Crippen molar-refractivity contribution in [2.45, 2.75) is 18.2 Å². The normalized spacial score (nSPS) is 11.4. The molecule has 0 atom stereocenters. The number of azo groups is 1. The van der Waals surface area contributed by atoms with Gasteiger partial charge in [-0.25, -0.2) is 0 Å². The quantitative estimate of drug-likeness (QED) is 0.189. The van der Waals surface area contributed by atoms with Crippen LogP contribution in [0.3, 0.4) is 0 Å². The molecule has 0 fully saturated rings. The zero-order valence-corrected chi connectivity index (χ0v) is 25.4. The van der Waals surface area contributed by atoms with E-state index in [4.69, 9.17) is 27.9 Å². The minimum Gasteiger partial charge on any atom is -0.870 e. The predicted molar refractivity (Wildman–Crippen MR) is 144 cm³/mol. The summed E-state index contributed by atoms with van der Waals surface area (Å²) in [5.41, 5.74) is -0.0923. The van der Waals surface area contributed by atoms with Crippen molar-refractivity contribution in [1.82, 2.24) is 0 Å². The SMILES string of the molecule is CCc1c(S(=O)(=O)O)ccc(Cl)c1N=Nc1c([O-])c(C(=O)Nc2c(Cl)cccc2OC)cc2ccccc12.[Na+]. The molecule has 0 saturated heterocycles. The van der Waals surface area contributed by atoms with E-state index in [1.54, 1.807) is 49.4 Å². The van der Waals surface area contributed by atoms with Crippen molar-refractivity contribution in [3.05, 3.63) is 81.8 Å². The third-order valence-electron chi connectivity index (χ3n) is 5.73. The Labute approximate surface area is 256 Å². The summed E-state index contributed by atoms with van der Waals surface area (Å²) in [5.74, 6) is -1.17. The topological polar surface area (TPSA) is 140 Å². The molecule has 1 amide bonds. The van der Waals surface area contributed by atoms with Crippen molar-refractivity contribution in [3.63, 3.8) is 0 Å². The van der Waals surface area contributed by atoms with Gasteiger partial charge in [-0.3, -0.25) is 9.35 Å². The van der Waals surface area contributed by atoms with Crippen molar-refractivity contribution in [2.24, 2.45) is 10.2 Å². The van der Waals surface area contributed by atoms with Crippen molar-refractivity contribution in [3.8, 4) is 11.5 Å².